The normalized spacial score (nSPS) is 18.8. The van der Waals surface area contributed by atoms with Crippen molar-refractivity contribution in [3.8, 4) is 0 Å². The predicted molar refractivity (Wildman–Crippen MR) is 134 cm³/mol. The number of nitrogens with zero attached hydrogens (tertiary/aromatic N) is 4. The van der Waals surface area contributed by atoms with Crippen LogP contribution in [0.2, 0.25) is 5.02 Å². The highest BCUT2D eigenvalue weighted by Crippen LogP contribution is 2.39. The Morgan fingerprint density at radius 1 is 1.09 bits per heavy atom. The molecule has 1 saturated heterocycles. The Morgan fingerprint density at radius 2 is 1.82 bits per heavy atom. The van der Waals surface area contributed by atoms with Crippen LogP contribution in [-0.4, -0.2) is 40.0 Å². The number of aryl methyl sites for hydroxylation is 2. The second kappa shape index (κ2) is 9.41. The minimum atomic E-state index is -0.425. The molecule has 0 saturated carbocycles. The zero-order chi connectivity index (χ0) is 22.9. The fourth-order valence-electron chi connectivity index (χ4n) is 5.21. The van der Waals surface area contributed by atoms with E-state index in [-0.39, 0.29) is 12.1 Å². The summed E-state index contributed by atoms with van der Waals surface area (Å²) >= 11 is 9.94. The molecule has 1 aromatic carbocycles. The molecule has 0 radical (unpaired) electrons. The minimum Gasteiger partial charge on any atom is -0.351 e. The molecule has 2 N–H and O–H groups in total. The van der Waals surface area contributed by atoms with Crippen LogP contribution in [0, 0.1) is 0 Å². The Balaban J connectivity index is 1.45. The minimum absolute atomic E-state index is 0.0500. The quantitative estimate of drug-likeness (QED) is 0.513. The number of rotatable bonds is 3. The Bertz CT molecular complexity index is 1110. The van der Waals surface area contributed by atoms with Gasteiger partial charge in [0.1, 0.15) is 0 Å². The number of hydrogen-bond donors (Lipinski definition) is 1. The lowest BCUT2D eigenvalue weighted by Crippen LogP contribution is -2.50. The molecular weight excluding hydrogens is 502 g/mol. The second-order valence-corrected chi connectivity index (χ2v) is 9.98. The number of carbonyl (C=O) groups excluding carboxylic acids is 1. The van der Waals surface area contributed by atoms with Crippen molar-refractivity contribution in [2.24, 2.45) is 5.73 Å². The van der Waals surface area contributed by atoms with Gasteiger partial charge in [-0.05, 0) is 88.6 Å². The van der Waals surface area contributed by atoms with Crippen LogP contribution in [0.25, 0.3) is 0 Å². The van der Waals surface area contributed by atoms with Crippen LogP contribution >= 0.6 is 27.5 Å². The summed E-state index contributed by atoms with van der Waals surface area (Å²) in [6.45, 7) is 1.67. The monoisotopic (exact) mass is 525 g/mol. The molecule has 3 heterocycles. The van der Waals surface area contributed by atoms with Gasteiger partial charge >= 0.3 is 6.03 Å². The average molecular weight is 527 g/mol. The molecule has 0 bridgehead atoms. The zero-order valence-electron chi connectivity index (χ0n) is 18.1. The van der Waals surface area contributed by atoms with Gasteiger partial charge in [-0.1, -0.05) is 17.7 Å². The molecule has 2 amide bonds. The van der Waals surface area contributed by atoms with E-state index >= 15 is 0 Å². The van der Waals surface area contributed by atoms with E-state index in [0.717, 1.165) is 59.6 Å². The first-order chi connectivity index (χ1) is 16.0. The number of primary amides is 1. The summed E-state index contributed by atoms with van der Waals surface area (Å²) in [7, 11) is 0. The Labute approximate surface area is 206 Å². The van der Waals surface area contributed by atoms with Gasteiger partial charge in [-0.25, -0.2) is 4.79 Å². The van der Waals surface area contributed by atoms with Crippen LogP contribution in [0.15, 0.2) is 59.5 Å². The third-order valence-corrected chi connectivity index (χ3v) is 7.37. The van der Waals surface area contributed by atoms with E-state index in [1.165, 1.54) is 16.7 Å². The summed E-state index contributed by atoms with van der Waals surface area (Å²) < 4.78 is 0.997. The predicted octanol–water partition coefficient (Wildman–Crippen LogP) is 5.13. The van der Waals surface area contributed by atoms with Gasteiger partial charge in [0.25, 0.3) is 0 Å². The number of amides is 2. The first kappa shape index (κ1) is 22.3. The molecule has 1 aliphatic heterocycles. The molecule has 3 aromatic rings. The molecule has 1 fully saturated rings. The highest BCUT2D eigenvalue weighted by molar-refractivity contribution is 9.10. The molecule has 1 aliphatic carbocycles. The number of piperidine rings is 1. The van der Waals surface area contributed by atoms with Crippen molar-refractivity contribution in [3.63, 3.8) is 0 Å². The molecule has 2 aliphatic rings. The Morgan fingerprint density at radius 3 is 2.55 bits per heavy atom. The smallest absolute Gasteiger partial charge is 0.319 e. The van der Waals surface area contributed by atoms with Gasteiger partial charge in [0.2, 0.25) is 0 Å². The van der Waals surface area contributed by atoms with Crippen LogP contribution in [0.1, 0.15) is 41.3 Å². The molecule has 6 nitrogen and oxygen atoms in total. The highest BCUT2D eigenvalue weighted by Gasteiger charge is 2.35. The maximum atomic E-state index is 12.3. The third-order valence-electron chi connectivity index (χ3n) is 6.70. The van der Waals surface area contributed by atoms with Gasteiger partial charge < -0.3 is 5.73 Å². The lowest BCUT2D eigenvalue weighted by Gasteiger charge is -2.41. The first-order valence-electron chi connectivity index (χ1n) is 11.2. The molecule has 1 unspecified atom stereocenters. The summed E-state index contributed by atoms with van der Waals surface area (Å²) in [4.78, 5) is 25.4. The lowest BCUT2D eigenvalue weighted by atomic mass is 9.93. The maximum Gasteiger partial charge on any atom is 0.319 e. The molecule has 1 atom stereocenters. The van der Waals surface area contributed by atoms with Crippen molar-refractivity contribution in [1.29, 1.82) is 0 Å². The standard InChI is InChI=1S/C25H25BrClN5O/c26-18-13-17-2-1-16-14-19(27)3-4-22(16)24(23(17)30-15-18)31-11-7-21(8-12-31)32(25(28)33)20-5-9-29-10-6-20/h3-6,9-10,13-15,21,24H,1-2,7-8,11-12H2,(H2,28,33). The molecule has 0 spiro atoms. The highest BCUT2D eigenvalue weighted by atomic mass is 79.9. The van der Waals surface area contributed by atoms with Crippen LogP contribution in [0.4, 0.5) is 10.5 Å². The summed E-state index contributed by atoms with van der Waals surface area (Å²) in [5.41, 5.74) is 11.5. The van der Waals surface area contributed by atoms with Crippen molar-refractivity contribution in [2.45, 2.75) is 37.8 Å². The third kappa shape index (κ3) is 4.50. The van der Waals surface area contributed by atoms with Crippen molar-refractivity contribution in [1.82, 2.24) is 14.9 Å². The molecular formula is C25H25BrClN5O. The van der Waals surface area contributed by atoms with Gasteiger partial charge in [0.05, 0.1) is 11.7 Å². The van der Waals surface area contributed by atoms with Gasteiger partial charge in [0.15, 0.2) is 0 Å². The maximum absolute atomic E-state index is 12.3. The van der Waals surface area contributed by atoms with Crippen LogP contribution in [0.3, 0.4) is 0 Å². The van der Waals surface area contributed by atoms with E-state index in [1.54, 1.807) is 17.3 Å². The van der Waals surface area contributed by atoms with Gasteiger partial charge in [0, 0.05) is 52.9 Å². The van der Waals surface area contributed by atoms with E-state index in [4.69, 9.17) is 22.3 Å². The van der Waals surface area contributed by atoms with E-state index in [1.807, 2.05) is 24.4 Å². The molecule has 170 valence electrons. The number of nitrogens with two attached hydrogens (primary N) is 1. The van der Waals surface area contributed by atoms with E-state index in [0.29, 0.717) is 0 Å². The number of aromatic nitrogens is 2. The second-order valence-electron chi connectivity index (χ2n) is 8.62. The lowest BCUT2D eigenvalue weighted by molar-refractivity contribution is 0.169. The first-order valence-corrected chi connectivity index (χ1v) is 12.3. The number of hydrogen-bond acceptors (Lipinski definition) is 4. The fourth-order valence-corrected chi connectivity index (χ4v) is 5.78. The Kier molecular flexibility index (Phi) is 6.36. The van der Waals surface area contributed by atoms with Gasteiger partial charge in [-0.2, -0.15) is 0 Å². The van der Waals surface area contributed by atoms with Crippen LogP contribution in [0.5, 0.6) is 0 Å². The average Bonchev–Trinajstić information content (AvgIpc) is 2.96. The van der Waals surface area contributed by atoms with Crippen molar-refractivity contribution in [3.05, 3.63) is 86.9 Å². The number of likely N-dealkylation sites (tertiary alicyclic amines) is 1. The number of anilines is 1. The SMILES string of the molecule is NC(=O)N(c1ccncc1)C1CCN(C2c3ccc(Cl)cc3CCc3cc(Br)cnc32)CC1. The number of halogens is 2. The van der Waals surface area contributed by atoms with Gasteiger partial charge in [-0.15, -0.1) is 0 Å². The van der Waals surface area contributed by atoms with Crippen LogP contribution in [-0.2, 0) is 12.8 Å². The number of fused-ring (bicyclic) bond motifs is 2. The topological polar surface area (TPSA) is 75.4 Å². The summed E-state index contributed by atoms with van der Waals surface area (Å²) in [6.07, 6.45) is 8.79. The van der Waals surface area contributed by atoms with Crippen molar-refractivity contribution >= 4 is 39.2 Å². The van der Waals surface area contributed by atoms with Crippen molar-refractivity contribution < 1.29 is 4.79 Å². The largest absolute Gasteiger partial charge is 0.351 e. The molecule has 2 aromatic heterocycles. The number of pyridine rings is 2. The molecule has 8 heteroatoms. The fraction of sp³-hybridized carbons (Fsp3) is 0.320. The van der Waals surface area contributed by atoms with Crippen LogP contribution < -0.4 is 10.6 Å². The summed E-state index contributed by atoms with van der Waals surface area (Å²) in [6, 6.07) is 11.8. The number of carbonyl (C=O) groups is 1. The summed E-state index contributed by atoms with van der Waals surface area (Å²) in [5.74, 6) is 0. The molecule has 33 heavy (non-hydrogen) atoms. The van der Waals surface area contributed by atoms with Gasteiger partial charge in [-0.3, -0.25) is 19.8 Å². The van der Waals surface area contributed by atoms with Crippen molar-refractivity contribution in [2.75, 3.05) is 18.0 Å². The molecule has 5 rings (SSSR count). The van der Waals surface area contributed by atoms with E-state index in [9.17, 15) is 4.79 Å². The van der Waals surface area contributed by atoms with E-state index in [2.05, 4.69) is 44.0 Å². The zero-order valence-corrected chi connectivity index (χ0v) is 20.5. The Hall–Kier alpha value is -2.48. The number of urea groups is 1. The van der Waals surface area contributed by atoms with E-state index < -0.39 is 6.03 Å². The number of benzene rings is 1. The summed E-state index contributed by atoms with van der Waals surface area (Å²) in [5, 5.41) is 0.765.